The van der Waals surface area contributed by atoms with Gasteiger partial charge in [0.05, 0.1) is 11.8 Å². The Labute approximate surface area is 179 Å². The van der Waals surface area contributed by atoms with Crippen LogP contribution in [-0.4, -0.2) is 30.5 Å². The lowest BCUT2D eigenvalue weighted by molar-refractivity contribution is 0.0953. The summed E-state index contributed by atoms with van der Waals surface area (Å²) in [5.74, 6) is 1.66. The fourth-order valence-electron chi connectivity index (χ4n) is 3.24. The Kier molecular flexibility index (Phi) is 6.25. The maximum Gasteiger partial charge on any atom is 0.251 e. The van der Waals surface area contributed by atoms with Gasteiger partial charge in [0.25, 0.3) is 5.91 Å². The lowest BCUT2D eigenvalue weighted by atomic mass is 10.0. The molecular weight excluding hydrogens is 394 g/mol. The fourth-order valence-corrected chi connectivity index (χ4v) is 3.99. The second-order valence-electron chi connectivity index (χ2n) is 6.87. The number of carbonyl (C=O) groups is 1. The molecule has 1 aromatic heterocycles. The summed E-state index contributed by atoms with van der Waals surface area (Å²) in [5.41, 5.74) is 2.70. The van der Waals surface area contributed by atoms with Crippen molar-refractivity contribution >= 4 is 33.3 Å². The van der Waals surface area contributed by atoms with Crippen LogP contribution in [0.2, 0.25) is 0 Å². The van der Waals surface area contributed by atoms with Gasteiger partial charge in [-0.25, -0.2) is 0 Å². The molecule has 30 heavy (non-hydrogen) atoms. The molecule has 0 unspecified atom stereocenters. The SMILES string of the molecule is COc1ccc(-c2cccc(C(=O)NCCCNc3nsc4ccccc34)c2)cc1. The van der Waals surface area contributed by atoms with E-state index in [4.69, 9.17) is 4.74 Å². The van der Waals surface area contributed by atoms with Crippen molar-refractivity contribution in [3.05, 3.63) is 78.4 Å². The molecular formula is C24H23N3O2S. The first-order valence-corrected chi connectivity index (χ1v) is 10.6. The molecule has 0 saturated carbocycles. The van der Waals surface area contributed by atoms with Crippen molar-refractivity contribution in [2.24, 2.45) is 0 Å². The van der Waals surface area contributed by atoms with E-state index >= 15 is 0 Å². The van der Waals surface area contributed by atoms with E-state index in [1.54, 1.807) is 7.11 Å². The third kappa shape index (κ3) is 4.60. The Morgan fingerprint density at radius 2 is 1.80 bits per heavy atom. The van der Waals surface area contributed by atoms with Crippen LogP contribution in [0.25, 0.3) is 21.2 Å². The highest BCUT2D eigenvalue weighted by molar-refractivity contribution is 7.13. The minimum absolute atomic E-state index is 0.0653. The molecule has 0 aliphatic rings. The quantitative estimate of drug-likeness (QED) is 0.387. The molecule has 0 aliphatic heterocycles. The predicted molar refractivity (Wildman–Crippen MR) is 123 cm³/mol. The van der Waals surface area contributed by atoms with Gasteiger partial charge in [-0.2, -0.15) is 4.37 Å². The predicted octanol–water partition coefficient (Wildman–Crippen LogP) is 5.20. The molecule has 4 rings (SSSR count). The molecule has 0 aliphatic carbocycles. The number of hydrogen-bond acceptors (Lipinski definition) is 5. The summed E-state index contributed by atoms with van der Waals surface area (Å²) in [4.78, 5) is 12.5. The second kappa shape index (κ2) is 9.41. The maximum atomic E-state index is 12.5. The number of anilines is 1. The molecule has 0 fully saturated rings. The van der Waals surface area contributed by atoms with E-state index in [0.717, 1.165) is 41.0 Å². The molecule has 5 nitrogen and oxygen atoms in total. The zero-order chi connectivity index (χ0) is 20.8. The second-order valence-corrected chi connectivity index (χ2v) is 7.68. The van der Waals surface area contributed by atoms with Gasteiger partial charge in [0.15, 0.2) is 0 Å². The van der Waals surface area contributed by atoms with Gasteiger partial charge >= 0.3 is 0 Å². The summed E-state index contributed by atoms with van der Waals surface area (Å²) in [7, 11) is 1.65. The van der Waals surface area contributed by atoms with Gasteiger partial charge in [0.1, 0.15) is 11.6 Å². The number of aromatic nitrogens is 1. The zero-order valence-corrected chi connectivity index (χ0v) is 17.5. The average molecular weight is 418 g/mol. The summed E-state index contributed by atoms with van der Waals surface area (Å²) in [6.45, 7) is 1.35. The Morgan fingerprint density at radius 1 is 0.967 bits per heavy atom. The number of ether oxygens (including phenoxy) is 1. The summed E-state index contributed by atoms with van der Waals surface area (Å²) in [6, 6.07) is 23.6. The number of nitrogens with zero attached hydrogens (tertiary/aromatic N) is 1. The van der Waals surface area contributed by atoms with Gasteiger partial charge in [-0.05, 0) is 65.5 Å². The molecule has 4 aromatic rings. The average Bonchev–Trinajstić information content (AvgIpc) is 3.22. The van der Waals surface area contributed by atoms with Gasteiger partial charge in [0, 0.05) is 24.0 Å². The van der Waals surface area contributed by atoms with E-state index in [0.29, 0.717) is 12.1 Å². The summed E-state index contributed by atoms with van der Waals surface area (Å²) >= 11 is 1.49. The first-order valence-electron chi connectivity index (χ1n) is 9.85. The standard InChI is InChI=1S/C24H23N3O2S/c1-29-20-12-10-17(11-13-20)18-6-4-7-19(16-18)24(28)26-15-5-14-25-23-21-8-2-3-9-22(21)30-27-23/h2-4,6-13,16H,5,14-15H2,1H3,(H,25,27)(H,26,28). The smallest absolute Gasteiger partial charge is 0.251 e. The highest BCUT2D eigenvalue weighted by Crippen LogP contribution is 2.26. The third-order valence-corrected chi connectivity index (χ3v) is 5.68. The zero-order valence-electron chi connectivity index (χ0n) is 16.7. The summed E-state index contributed by atoms with van der Waals surface area (Å²) in [5, 5.41) is 7.50. The minimum Gasteiger partial charge on any atom is -0.497 e. The van der Waals surface area contributed by atoms with Gasteiger partial charge in [-0.3, -0.25) is 4.79 Å². The first kappa shape index (κ1) is 19.9. The maximum absolute atomic E-state index is 12.5. The van der Waals surface area contributed by atoms with Crippen molar-refractivity contribution in [2.45, 2.75) is 6.42 Å². The minimum atomic E-state index is -0.0653. The van der Waals surface area contributed by atoms with Crippen LogP contribution in [0, 0.1) is 0 Å². The summed E-state index contributed by atoms with van der Waals surface area (Å²) in [6.07, 6.45) is 0.815. The molecule has 152 valence electrons. The highest BCUT2D eigenvalue weighted by Gasteiger charge is 2.08. The Bertz CT molecular complexity index is 1140. The van der Waals surface area contributed by atoms with Crippen LogP contribution in [0.1, 0.15) is 16.8 Å². The number of rotatable bonds is 8. The molecule has 0 bridgehead atoms. The van der Waals surface area contributed by atoms with Crippen molar-refractivity contribution in [2.75, 3.05) is 25.5 Å². The van der Waals surface area contributed by atoms with Crippen molar-refractivity contribution in [1.82, 2.24) is 9.69 Å². The van der Waals surface area contributed by atoms with Crippen LogP contribution in [0.15, 0.2) is 72.8 Å². The fraction of sp³-hybridized carbons (Fsp3) is 0.167. The molecule has 1 amide bonds. The number of benzene rings is 3. The molecule has 3 aromatic carbocycles. The molecule has 2 N–H and O–H groups in total. The number of carbonyl (C=O) groups excluding carboxylic acids is 1. The first-order chi connectivity index (χ1) is 14.7. The van der Waals surface area contributed by atoms with Crippen molar-refractivity contribution in [3.8, 4) is 16.9 Å². The Balaban J connectivity index is 1.28. The monoisotopic (exact) mass is 417 g/mol. The van der Waals surface area contributed by atoms with Gasteiger partial charge in [0.2, 0.25) is 0 Å². The molecule has 0 atom stereocenters. The van der Waals surface area contributed by atoms with Crippen molar-refractivity contribution in [3.63, 3.8) is 0 Å². The largest absolute Gasteiger partial charge is 0.497 e. The van der Waals surface area contributed by atoms with Gasteiger partial charge < -0.3 is 15.4 Å². The topological polar surface area (TPSA) is 63.2 Å². The van der Waals surface area contributed by atoms with E-state index in [9.17, 15) is 4.79 Å². The van der Waals surface area contributed by atoms with Crippen molar-refractivity contribution in [1.29, 1.82) is 0 Å². The molecule has 6 heteroatoms. The number of hydrogen-bond donors (Lipinski definition) is 2. The number of nitrogens with one attached hydrogen (secondary N) is 2. The number of methoxy groups -OCH3 is 1. The van der Waals surface area contributed by atoms with Crippen LogP contribution in [0.3, 0.4) is 0 Å². The third-order valence-electron chi connectivity index (χ3n) is 4.86. The van der Waals surface area contributed by atoms with E-state index in [1.165, 1.54) is 16.2 Å². The van der Waals surface area contributed by atoms with E-state index in [2.05, 4.69) is 27.1 Å². The molecule has 0 radical (unpaired) electrons. The van der Waals surface area contributed by atoms with Crippen LogP contribution in [0.4, 0.5) is 5.82 Å². The lowest BCUT2D eigenvalue weighted by Gasteiger charge is -2.08. The normalized spacial score (nSPS) is 10.7. The highest BCUT2D eigenvalue weighted by atomic mass is 32.1. The van der Waals surface area contributed by atoms with E-state index in [-0.39, 0.29) is 5.91 Å². The van der Waals surface area contributed by atoms with Crippen LogP contribution >= 0.6 is 11.5 Å². The number of amides is 1. The Morgan fingerprint density at radius 3 is 2.63 bits per heavy atom. The van der Waals surface area contributed by atoms with Crippen LogP contribution < -0.4 is 15.4 Å². The van der Waals surface area contributed by atoms with E-state index in [1.807, 2.05) is 60.7 Å². The lowest BCUT2D eigenvalue weighted by Crippen LogP contribution is -2.25. The molecule has 1 heterocycles. The number of fused-ring (bicyclic) bond motifs is 1. The van der Waals surface area contributed by atoms with Gasteiger partial charge in [-0.1, -0.05) is 36.4 Å². The van der Waals surface area contributed by atoms with E-state index < -0.39 is 0 Å². The van der Waals surface area contributed by atoms with Crippen LogP contribution in [0.5, 0.6) is 5.75 Å². The molecule has 0 spiro atoms. The molecule has 0 saturated heterocycles. The Hall–Kier alpha value is -3.38. The van der Waals surface area contributed by atoms with Crippen LogP contribution in [-0.2, 0) is 0 Å². The summed E-state index contributed by atoms with van der Waals surface area (Å²) < 4.78 is 10.8. The van der Waals surface area contributed by atoms with Crippen molar-refractivity contribution < 1.29 is 9.53 Å². The van der Waals surface area contributed by atoms with Gasteiger partial charge in [-0.15, -0.1) is 0 Å².